The highest BCUT2D eigenvalue weighted by molar-refractivity contribution is 6.16. The number of hydrogen-bond donors (Lipinski definition) is 0. The van der Waals surface area contributed by atoms with Crippen molar-refractivity contribution < 1.29 is 0 Å². The van der Waals surface area contributed by atoms with Gasteiger partial charge in [0.05, 0.1) is 16.9 Å². The predicted molar refractivity (Wildman–Crippen MR) is 107 cm³/mol. The van der Waals surface area contributed by atoms with Crippen LogP contribution in [0.1, 0.15) is 42.7 Å². The first-order chi connectivity index (χ1) is 11.7. The largest absolute Gasteiger partial charge is 0.339 e. The van der Waals surface area contributed by atoms with Gasteiger partial charge in [0.25, 0.3) is 0 Å². The van der Waals surface area contributed by atoms with E-state index in [1.165, 1.54) is 45.4 Å². The fraction of sp³-hybridized carbons (Fsp3) is 0.318. The van der Waals surface area contributed by atoms with Crippen LogP contribution in [-0.4, -0.2) is 16.8 Å². The number of aromatic nitrogens is 1. The molecule has 3 heterocycles. The smallest absolute Gasteiger partial charge is 0.0886 e. The number of benzene rings is 2. The number of para-hydroxylation sites is 1. The average molecular weight is 351 g/mol. The third-order valence-corrected chi connectivity index (χ3v) is 5.78. The fourth-order valence-corrected chi connectivity index (χ4v) is 4.48. The summed E-state index contributed by atoms with van der Waals surface area (Å²) in [5.41, 5.74) is 8.48. The first-order valence-electron chi connectivity index (χ1n) is 8.92. The normalized spacial score (nSPS) is 17.6. The van der Waals surface area contributed by atoms with Crippen LogP contribution >= 0.6 is 12.4 Å². The fourth-order valence-electron chi connectivity index (χ4n) is 4.48. The zero-order valence-corrected chi connectivity index (χ0v) is 15.6. The van der Waals surface area contributed by atoms with Crippen LogP contribution in [0.5, 0.6) is 0 Å². The number of aryl methyl sites for hydroxylation is 1. The molecule has 0 fully saturated rings. The summed E-state index contributed by atoms with van der Waals surface area (Å²) in [6, 6.07) is 17.5. The van der Waals surface area contributed by atoms with E-state index in [0.29, 0.717) is 0 Å². The first kappa shape index (κ1) is 16.4. The Bertz CT molecular complexity index is 980. The summed E-state index contributed by atoms with van der Waals surface area (Å²) in [4.78, 5) is 4.93. The van der Waals surface area contributed by atoms with E-state index in [1.807, 2.05) is 0 Å². The molecule has 0 amide bonds. The molecule has 0 unspecified atom stereocenters. The summed E-state index contributed by atoms with van der Waals surface area (Å²) < 4.78 is 2.55. The van der Waals surface area contributed by atoms with Crippen LogP contribution in [0.2, 0.25) is 0 Å². The maximum absolute atomic E-state index is 4.93. The lowest BCUT2D eigenvalue weighted by Crippen LogP contribution is -2.27. The standard InChI is InChI=1S/C22H22N2.ClH/c1-22(2)12-14-24-20-16(9-6-10-18(20)22)17-11-13-23-19(21(17)24)15-7-4-3-5-8-15;/h3-10H,11-14H2,1-2H3;1H. The van der Waals surface area contributed by atoms with Crippen molar-refractivity contribution in [1.29, 1.82) is 0 Å². The number of rotatable bonds is 1. The Hall–Kier alpha value is -2.06. The highest BCUT2D eigenvalue weighted by Gasteiger charge is 2.33. The minimum absolute atomic E-state index is 0. The maximum atomic E-state index is 4.93. The van der Waals surface area contributed by atoms with Crippen LogP contribution in [0.4, 0.5) is 0 Å². The van der Waals surface area contributed by atoms with Crippen molar-refractivity contribution in [3.63, 3.8) is 0 Å². The molecule has 0 atom stereocenters. The van der Waals surface area contributed by atoms with Gasteiger partial charge in [0.2, 0.25) is 0 Å². The molecule has 128 valence electrons. The number of fused-ring (bicyclic) bond motifs is 3. The number of nitrogens with zero attached hydrogens (tertiary/aromatic N) is 2. The lowest BCUT2D eigenvalue weighted by Gasteiger charge is -2.32. The molecule has 25 heavy (non-hydrogen) atoms. The summed E-state index contributed by atoms with van der Waals surface area (Å²) in [5.74, 6) is 0. The molecule has 0 spiro atoms. The van der Waals surface area contributed by atoms with Gasteiger partial charge in [0.1, 0.15) is 0 Å². The highest BCUT2D eigenvalue weighted by atomic mass is 35.5. The van der Waals surface area contributed by atoms with Gasteiger partial charge in [-0.25, -0.2) is 0 Å². The van der Waals surface area contributed by atoms with E-state index >= 15 is 0 Å². The number of aliphatic imine (C=N–C) groups is 1. The second-order valence-corrected chi connectivity index (χ2v) is 7.66. The van der Waals surface area contributed by atoms with Crippen LogP contribution in [-0.2, 0) is 18.4 Å². The van der Waals surface area contributed by atoms with Crippen LogP contribution < -0.4 is 0 Å². The predicted octanol–water partition coefficient (Wildman–Crippen LogP) is 5.14. The lowest BCUT2D eigenvalue weighted by atomic mass is 9.79. The molecule has 2 nitrogen and oxygen atoms in total. The quantitative estimate of drug-likeness (QED) is 0.578. The first-order valence-corrected chi connectivity index (χ1v) is 8.92. The second kappa shape index (κ2) is 5.74. The van der Waals surface area contributed by atoms with E-state index in [4.69, 9.17) is 4.99 Å². The van der Waals surface area contributed by atoms with Crippen LogP contribution in [0.25, 0.3) is 10.9 Å². The third-order valence-electron chi connectivity index (χ3n) is 5.78. The summed E-state index contributed by atoms with van der Waals surface area (Å²) in [6.07, 6.45) is 2.24. The Morgan fingerprint density at radius 3 is 2.60 bits per heavy atom. The van der Waals surface area contributed by atoms with Gasteiger partial charge in [-0.15, -0.1) is 12.4 Å². The second-order valence-electron chi connectivity index (χ2n) is 7.66. The van der Waals surface area contributed by atoms with E-state index in [2.05, 4.69) is 66.9 Å². The Morgan fingerprint density at radius 1 is 1.00 bits per heavy atom. The molecule has 0 aliphatic carbocycles. The lowest BCUT2D eigenvalue weighted by molar-refractivity contribution is 0.422. The zero-order valence-electron chi connectivity index (χ0n) is 14.7. The van der Waals surface area contributed by atoms with Gasteiger partial charge in [-0.05, 0) is 29.4 Å². The van der Waals surface area contributed by atoms with Crippen LogP contribution in [0.15, 0.2) is 53.5 Å². The molecule has 2 aliphatic heterocycles. The van der Waals surface area contributed by atoms with E-state index in [1.54, 1.807) is 0 Å². The number of hydrogen-bond acceptors (Lipinski definition) is 1. The topological polar surface area (TPSA) is 17.3 Å². The molecule has 2 aliphatic rings. The zero-order chi connectivity index (χ0) is 16.3. The van der Waals surface area contributed by atoms with Crippen molar-refractivity contribution in [3.8, 4) is 0 Å². The Labute approximate surface area is 155 Å². The van der Waals surface area contributed by atoms with Gasteiger partial charge in [-0.2, -0.15) is 0 Å². The molecule has 2 aromatic carbocycles. The summed E-state index contributed by atoms with van der Waals surface area (Å²) in [5, 5.41) is 1.44. The molecule has 1 aromatic heterocycles. The Morgan fingerprint density at radius 2 is 1.80 bits per heavy atom. The van der Waals surface area contributed by atoms with E-state index in [-0.39, 0.29) is 17.8 Å². The van der Waals surface area contributed by atoms with E-state index in [9.17, 15) is 0 Å². The molecule has 5 rings (SSSR count). The van der Waals surface area contributed by atoms with Crippen LogP contribution in [0, 0.1) is 0 Å². The minimum atomic E-state index is 0. The van der Waals surface area contributed by atoms with Gasteiger partial charge in [0.15, 0.2) is 0 Å². The Kier molecular flexibility index (Phi) is 3.77. The van der Waals surface area contributed by atoms with Gasteiger partial charge in [-0.3, -0.25) is 4.99 Å². The summed E-state index contributed by atoms with van der Waals surface area (Å²) in [7, 11) is 0. The van der Waals surface area contributed by atoms with Crippen molar-refractivity contribution in [2.45, 2.75) is 38.6 Å². The van der Waals surface area contributed by atoms with E-state index < -0.39 is 0 Å². The number of halogens is 1. The molecular formula is C22H23ClN2. The van der Waals surface area contributed by atoms with Gasteiger partial charge in [0, 0.05) is 24.0 Å². The molecule has 3 aromatic rings. The van der Waals surface area contributed by atoms with Crippen LogP contribution in [0.3, 0.4) is 0 Å². The molecule has 3 heteroatoms. The monoisotopic (exact) mass is 350 g/mol. The Balaban J connectivity index is 0.00000157. The molecule has 0 radical (unpaired) electrons. The van der Waals surface area contributed by atoms with Crippen molar-refractivity contribution in [3.05, 3.63) is 70.9 Å². The van der Waals surface area contributed by atoms with E-state index in [0.717, 1.165) is 19.5 Å². The van der Waals surface area contributed by atoms with Crippen molar-refractivity contribution in [1.82, 2.24) is 4.57 Å². The summed E-state index contributed by atoms with van der Waals surface area (Å²) in [6.45, 7) is 6.73. The SMILES string of the molecule is CC1(C)CCn2c3c(c4cccc1c42)CCN=C3c1ccccc1.Cl. The third kappa shape index (κ3) is 2.27. The maximum Gasteiger partial charge on any atom is 0.0886 e. The van der Waals surface area contributed by atoms with Crippen molar-refractivity contribution >= 4 is 29.0 Å². The molecule has 0 saturated carbocycles. The van der Waals surface area contributed by atoms with Gasteiger partial charge in [-0.1, -0.05) is 62.4 Å². The van der Waals surface area contributed by atoms with Crippen molar-refractivity contribution in [2.24, 2.45) is 4.99 Å². The average Bonchev–Trinajstić information content (AvgIpc) is 2.94. The molecule has 0 N–H and O–H groups in total. The van der Waals surface area contributed by atoms with Crippen molar-refractivity contribution in [2.75, 3.05) is 6.54 Å². The summed E-state index contributed by atoms with van der Waals surface area (Å²) >= 11 is 0. The molecule has 0 saturated heterocycles. The minimum Gasteiger partial charge on any atom is -0.339 e. The van der Waals surface area contributed by atoms with Gasteiger partial charge < -0.3 is 4.57 Å². The molecular weight excluding hydrogens is 328 g/mol. The highest BCUT2D eigenvalue weighted by Crippen LogP contribution is 2.42. The molecule has 0 bridgehead atoms. The van der Waals surface area contributed by atoms with Gasteiger partial charge >= 0.3 is 0 Å².